The number of carbonyl (C=O) groups excluding carboxylic acids is 1. The van der Waals surface area contributed by atoms with E-state index >= 15 is 0 Å². The Morgan fingerprint density at radius 1 is 1.15 bits per heavy atom. The van der Waals surface area contributed by atoms with Crippen LogP contribution in [0.3, 0.4) is 0 Å². The second-order valence-electron chi connectivity index (χ2n) is 7.12. The Labute approximate surface area is 162 Å². The Kier molecular flexibility index (Phi) is 4.79. The maximum absolute atomic E-state index is 12.8. The summed E-state index contributed by atoms with van der Waals surface area (Å²) in [6, 6.07) is 13.0. The highest BCUT2D eigenvalue weighted by Crippen LogP contribution is 2.34. The lowest BCUT2D eigenvalue weighted by atomic mass is 9.89. The Bertz CT molecular complexity index is 880. The monoisotopic (exact) mass is 385 g/mol. The van der Waals surface area contributed by atoms with Crippen molar-refractivity contribution >= 4 is 23.5 Å². The molecule has 27 heavy (non-hydrogen) atoms. The van der Waals surface area contributed by atoms with Gasteiger partial charge in [-0.25, -0.2) is 0 Å². The number of benzene rings is 2. The van der Waals surface area contributed by atoms with Crippen LogP contribution in [-0.4, -0.2) is 41.6 Å². The summed E-state index contributed by atoms with van der Waals surface area (Å²) in [5.41, 5.74) is 2.96. The fraction of sp³-hybridized carbons (Fsp3) is 0.333. The van der Waals surface area contributed by atoms with E-state index in [1.165, 1.54) is 0 Å². The molecule has 1 saturated heterocycles. The number of rotatable bonds is 4. The van der Waals surface area contributed by atoms with E-state index in [1.807, 2.05) is 30.3 Å². The molecular weight excluding hydrogens is 366 g/mol. The number of nitrogens with zero attached hydrogens (tertiary/aromatic N) is 1. The number of carboxylic acids is 1. The first kappa shape index (κ1) is 17.9. The molecule has 0 radical (unpaired) electrons. The minimum Gasteiger partial charge on any atom is -0.493 e. The van der Waals surface area contributed by atoms with E-state index in [9.17, 15) is 14.7 Å². The van der Waals surface area contributed by atoms with Gasteiger partial charge >= 0.3 is 5.97 Å². The lowest BCUT2D eigenvalue weighted by Crippen LogP contribution is -2.31. The first-order valence-electron chi connectivity index (χ1n) is 9.02. The number of hydrogen-bond donors (Lipinski definition) is 1. The van der Waals surface area contributed by atoms with Gasteiger partial charge in [-0.05, 0) is 34.9 Å². The van der Waals surface area contributed by atoms with E-state index in [0.717, 1.165) is 28.9 Å². The summed E-state index contributed by atoms with van der Waals surface area (Å²) in [5.74, 6) is -0.863. The third-order valence-electron chi connectivity index (χ3n) is 5.40. The van der Waals surface area contributed by atoms with Crippen LogP contribution in [0.1, 0.15) is 22.6 Å². The molecule has 2 atom stereocenters. The molecule has 2 heterocycles. The van der Waals surface area contributed by atoms with Crippen LogP contribution in [0, 0.1) is 5.92 Å². The third-order valence-corrected chi connectivity index (χ3v) is 5.65. The second kappa shape index (κ2) is 7.24. The van der Waals surface area contributed by atoms with E-state index < -0.39 is 11.9 Å². The Morgan fingerprint density at radius 2 is 1.93 bits per heavy atom. The number of aliphatic carboxylic acids is 1. The number of carbonyl (C=O) groups is 2. The average Bonchev–Trinajstić information content (AvgIpc) is 3.29. The zero-order valence-electron chi connectivity index (χ0n) is 14.7. The Hall–Kier alpha value is -2.53. The minimum absolute atomic E-state index is 0.0448. The van der Waals surface area contributed by atoms with Gasteiger partial charge in [0.2, 0.25) is 5.91 Å². The zero-order valence-corrected chi connectivity index (χ0v) is 15.5. The number of likely N-dealkylation sites (tertiary alicyclic amines) is 1. The molecule has 2 aromatic carbocycles. The molecule has 5 nitrogen and oxygen atoms in total. The number of fused-ring (bicyclic) bond motifs is 1. The maximum Gasteiger partial charge on any atom is 0.308 e. The zero-order chi connectivity index (χ0) is 19.0. The summed E-state index contributed by atoms with van der Waals surface area (Å²) in [4.78, 5) is 26.2. The van der Waals surface area contributed by atoms with E-state index in [2.05, 4.69) is 0 Å². The van der Waals surface area contributed by atoms with Crippen molar-refractivity contribution in [2.45, 2.75) is 18.8 Å². The van der Waals surface area contributed by atoms with Crippen molar-refractivity contribution in [3.05, 3.63) is 64.2 Å². The lowest BCUT2D eigenvalue weighted by molar-refractivity contribution is -0.141. The van der Waals surface area contributed by atoms with Crippen LogP contribution in [0.2, 0.25) is 5.02 Å². The van der Waals surface area contributed by atoms with Crippen molar-refractivity contribution in [2.24, 2.45) is 5.92 Å². The van der Waals surface area contributed by atoms with E-state index in [4.69, 9.17) is 16.3 Å². The molecule has 6 heteroatoms. The molecule has 2 aromatic rings. The van der Waals surface area contributed by atoms with Crippen molar-refractivity contribution < 1.29 is 19.4 Å². The van der Waals surface area contributed by atoms with Crippen LogP contribution < -0.4 is 4.74 Å². The fourth-order valence-corrected chi connectivity index (χ4v) is 4.07. The third kappa shape index (κ3) is 3.65. The molecule has 4 rings (SSSR count). The highest BCUT2D eigenvalue weighted by atomic mass is 35.5. The van der Waals surface area contributed by atoms with Gasteiger partial charge in [0.15, 0.2) is 0 Å². The van der Waals surface area contributed by atoms with Gasteiger partial charge in [0, 0.05) is 30.5 Å². The van der Waals surface area contributed by atoms with Crippen LogP contribution in [0.4, 0.5) is 0 Å². The van der Waals surface area contributed by atoms with Crippen LogP contribution in [-0.2, 0) is 22.4 Å². The summed E-state index contributed by atoms with van der Waals surface area (Å²) in [5, 5.41) is 10.2. The molecule has 0 saturated carbocycles. The summed E-state index contributed by atoms with van der Waals surface area (Å²) in [6.45, 7) is 1.32. The van der Waals surface area contributed by atoms with Gasteiger partial charge in [-0.3, -0.25) is 9.59 Å². The largest absolute Gasteiger partial charge is 0.493 e. The molecule has 0 bridgehead atoms. The average molecular weight is 386 g/mol. The summed E-state index contributed by atoms with van der Waals surface area (Å²) >= 11 is 5.94. The van der Waals surface area contributed by atoms with Crippen LogP contribution >= 0.6 is 11.6 Å². The van der Waals surface area contributed by atoms with Gasteiger partial charge in [0.25, 0.3) is 0 Å². The normalized spacial score (nSPS) is 21.0. The molecular formula is C21H20ClNO4. The smallest absolute Gasteiger partial charge is 0.308 e. The van der Waals surface area contributed by atoms with Crippen molar-refractivity contribution in [2.75, 3.05) is 19.7 Å². The fourth-order valence-electron chi connectivity index (χ4n) is 3.94. The number of ether oxygens (including phenoxy) is 1. The molecule has 1 N–H and O–H groups in total. The molecule has 1 fully saturated rings. The summed E-state index contributed by atoms with van der Waals surface area (Å²) in [7, 11) is 0. The number of halogens is 1. The van der Waals surface area contributed by atoms with Gasteiger partial charge in [-0.1, -0.05) is 35.9 Å². The minimum atomic E-state index is -0.875. The van der Waals surface area contributed by atoms with E-state index in [-0.39, 0.29) is 24.8 Å². The molecule has 2 aliphatic heterocycles. The van der Waals surface area contributed by atoms with E-state index in [0.29, 0.717) is 18.2 Å². The molecule has 0 aliphatic carbocycles. The number of hydrogen-bond acceptors (Lipinski definition) is 3. The first-order valence-corrected chi connectivity index (χ1v) is 9.39. The Morgan fingerprint density at radius 3 is 2.67 bits per heavy atom. The number of amides is 1. The van der Waals surface area contributed by atoms with Crippen LogP contribution in [0.5, 0.6) is 5.75 Å². The molecule has 140 valence electrons. The van der Waals surface area contributed by atoms with Gasteiger partial charge in [-0.2, -0.15) is 0 Å². The molecule has 0 aromatic heterocycles. The molecule has 2 aliphatic rings. The summed E-state index contributed by atoms with van der Waals surface area (Å²) in [6.07, 6.45) is 1.13. The second-order valence-corrected chi connectivity index (χ2v) is 7.56. The predicted molar refractivity (Wildman–Crippen MR) is 101 cm³/mol. The van der Waals surface area contributed by atoms with Crippen molar-refractivity contribution in [1.29, 1.82) is 0 Å². The van der Waals surface area contributed by atoms with Crippen molar-refractivity contribution in [1.82, 2.24) is 4.90 Å². The van der Waals surface area contributed by atoms with Gasteiger partial charge in [0.1, 0.15) is 5.75 Å². The summed E-state index contributed by atoms with van der Waals surface area (Å²) < 4.78 is 5.50. The maximum atomic E-state index is 12.8. The molecule has 1 amide bonds. The first-order chi connectivity index (χ1) is 13.0. The van der Waals surface area contributed by atoms with Crippen LogP contribution in [0.15, 0.2) is 42.5 Å². The van der Waals surface area contributed by atoms with E-state index in [1.54, 1.807) is 17.0 Å². The standard InChI is InChI=1S/C21H20ClNO4/c22-16-4-2-14(3-5-16)17-11-23(12-18(17)21(25)26)20(24)10-13-1-6-19-15(9-13)7-8-27-19/h1-6,9,17-18H,7-8,10-12H2,(H,25,26)/t17-,18+/m0/s1. The molecule has 0 unspecified atom stereocenters. The topological polar surface area (TPSA) is 66.8 Å². The molecule has 0 spiro atoms. The van der Waals surface area contributed by atoms with Crippen molar-refractivity contribution in [3.8, 4) is 5.75 Å². The van der Waals surface area contributed by atoms with Gasteiger partial charge < -0.3 is 14.7 Å². The van der Waals surface area contributed by atoms with Gasteiger partial charge in [0.05, 0.1) is 18.9 Å². The lowest BCUT2D eigenvalue weighted by Gasteiger charge is -2.17. The highest BCUT2D eigenvalue weighted by molar-refractivity contribution is 6.30. The number of carboxylic acid groups (broad SMARTS) is 1. The van der Waals surface area contributed by atoms with Crippen molar-refractivity contribution in [3.63, 3.8) is 0 Å². The predicted octanol–water partition coefficient (Wildman–Crippen LogP) is 3.14. The van der Waals surface area contributed by atoms with Gasteiger partial charge in [-0.15, -0.1) is 0 Å². The highest BCUT2D eigenvalue weighted by Gasteiger charge is 2.40. The SMILES string of the molecule is O=C(O)[C@@H]1CN(C(=O)Cc2ccc3c(c2)CCO3)C[C@H]1c1ccc(Cl)cc1. The quantitative estimate of drug-likeness (QED) is 0.878. The van der Waals surface area contributed by atoms with Crippen LogP contribution in [0.25, 0.3) is 0 Å². The Balaban J connectivity index is 1.49.